The van der Waals surface area contributed by atoms with Crippen molar-refractivity contribution in [3.8, 4) is 17.1 Å². The normalized spacial score (nSPS) is 12.4. The summed E-state index contributed by atoms with van der Waals surface area (Å²) in [6.45, 7) is 8.72. The van der Waals surface area contributed by atoms with Gasteiger partial charge in [0.1, 0.15) is 11.0 Å². The van der Waals surface area contributed by atoms with Crippen LogP contribution in [0.25, 0.3) is 22.3 Å². The molecule has 31 heavy (non-hydrogen) atoms. The third-order valence-electron chi connectivity index (χ3n) is 5.59. The maximum absolute atomic E-state index is 6.85. The smallest absolute Gasteiger partial charge is 0.222 e. The van der Waals surface area contributed by atoms with E-state index in [0.29, 0.717) is 24.6 Å². The molecule has 0 saturated carbocycles. The van der Waals surface area contributed by atoms with Gasteiger partial charge < -0.3 is 10.5 Å². The summed E-state index contributed by atoms with van der Waals surface area (Å²) in [6.07, 6.45) is 5.15. The monoisotopic (exact) mass is 419 g/mol. The number of nitrogens with two attached hydrogens (primary N) is 1. The Morgan fingerprint density at radius 2 is 2.00 bits per heavy atom. The van der Waals surface area contributed by atoms with Gasteiger partial charge in [0.05, 0.1) is 34.9 Å². The number of pyridine rings is 2. The highest BCUT2D eigenvalue weighted by Gasteiger charge is 2.24. The molecular formula is C23H29N7O. The van der Waals surface area contributed by atoms with Crippen molar-refractivity contribution in [3.05, 3.63) is 47.5 Å². The first kappa shape index (κ1) is 20.8. The van der Waals surface area contributed by atoms with Crippen molar-refractivity contribution in [2.75, 3.05) is 12.3 Å². The minimum absolute atomic E-state index is 0.214. The van der Waals surface area contributed by atoms with Crippen molar-refractivity contribution in [3.63, 3.8) is 0 Å². The van der Waals surface area contributed by atoms with Crippen LogP contribution in [0.15, 0.2) is 30.6 Å². The summed E-state index contributed by atoms with van der Waals surface area (Å²) < 4.78 is 9.61. The number of ether oxygens (including phenoxy) is 1. The predicted molar refractivity (Wildman–Crippen MR) is 122 cm³/mol. The predicted octanol–water partition coefficient (Wildman–Crippen LogP) is 4.08. The highest BCUT2D eigenvalue weighted by molar-refractivity contribution is 5.95. The molecule has 0 aromatic carbocycles. The Hall–Kier alpha value is -3.42. The molecule has 0 saturated heterocycles. The molecular weight excluding hydrogens is 390 g/mol. The molecule has 0 spiro atoms. The fourth-order valence-corrected chi connectivity index (χ4v) is 3.83. The van der Waals surface area contributed by atoms with E-state index in [-0.39, 0.29) is 6.04 Å². The second-order valence-electron chi connectivity index (χ2n) is 7.78. The summed E-state index contributed by atoms with van der Waals surface area (Å²) in [5, 5.41) is 9.34. The lowest BCUT2D eigenvalue weighted by Gasteiger charge is -2.17. The van der Waals surface area contributed by atoms with Crippen LogP contribution < -0.4 is 10.5 Å². The number of rotatable bonds is 7. The Bertz CT molecular complexity index is 1220. The molecule has 0 radical (unpaired) electrons. The van der Waals surface area contributed by atoms with E-state index in [4.69, 9.17) is 20.6 Å². The van der Waals surface area contributed by atoms with E-state index in [9.17, 15) is 0 Å². The Morgan fingerprint density at radius 1 is 1.19 bits per heavy atom. The van der Waals surface area contributed by atoms with E-state index in [1.54, 1.807) is 10.9 Å². The van der Waals surface area contributed by atoms with Crippen molar-refractivity contribution in [1.82, 2.24) is 29.5 Å². The van der Waals surface area contributed by atoms with Crippen LogP contribution in [0, 0.1) is 6.92 Å². The standard InChI is InChI=1S/C23H29N7O/c1-6-14(3)30-22-19(24)18(13-16-10-12-29(5)28-16)21(26-20(22)15(4)27-30)17-9-8-11-25-23(17)31-7-2/h8-12,14H,6-7,13H2,1-5H3,(H2,24,26)/t14-/m0/s1. The van der Waals surface area contributed by atoms with Crippen LogP contribution in [0.1, 0.15) is 50.2 Å². The minimum Gasteiger partial charge on any atom is -0.477 e. The molecule has 0 aliphatic rings. The SMILES string of the molecule is CCOc1ncccc1-c1nc2c(C)nn([C@@H](C)CC)c2c(N)c1Cc1ccn(C)n1. The van der Waals surface area contributed by atoms with Gasteiger partial charge in [0.2, 0.25) is 5.88 Å². The van der Waals surface area contributed by atoms with Crippen LogP contribution in [0.3, 0.4) is 0 Å². The molecule has 4 aromatic heterocycles. The molecule has 4 aromatic rings. The number of nitrogens with zero attached hydrogens (tertiary/aromatic N) is 6. The second kappa shape index (κ2) is 8.37. The molecule has 0 amide bonds. The molecule has 0 fully saturated rings. The van der Waals surface area contributed by atoms with Gasteiger partial charge in [-0.2, -0.15) is 10.2 Å². The first-order valence-corrected chi connectivity index (χ1v) is 10.7. The first-order chi connectivity index (χ1) is 14.9. The quantitative estimate of drug-likeness (QED) is 0.485. The molecule has 4 rings (SSSR count). The van der Waals surface area contributed by atoms with E-state index >= 15 is 0 Å². The summed E-state index contributed by atoms with van der Waals surface area (Å²) in [4.78, 5) is 9.50. The number of hydrogen-bond acceptors (Lipinski definition) is 6. The van der Waals surface area contributed by atoms with Crippen LogP contribution in [0.2, 0.25) is 0 Å². The summed E-state index contributed by atoms with van der Waals surface area (Å²) in [7, 11) is 1.91. The zero-order valence-corrected chi connectivity index (χ0v) is 18.8. The largest absolute Gasteiger partial charge is 0.477 e. The molecule has 4 heterocycles. The van der Waals surface area contributed by atoms with Crippen molar-refractivity contribution in [2.45, 2.75) is 46.6 Å². The summed E-state index contributed by atoms with van der Waals surface area (Å²) in [6, 6.07) is 6.07. The zero-order chi connectivity index (χ0) is 22.1. The van der Waals surface area contributed by atoms with Gasteiger partial charge in [-0.25, -0.2) is 9.97 Å². The molecule has 0 aliphatic carbocycles. The number of nitrogen functional groups attached to an aromatic ring is 1. The van der Waals surface area contributed by atoms with Crippen molar-refractivity contribution < 1.29 is 4.74 Å². The number of fused-ring (bicyclic) bond motifs is 1. The average molecular weight is 420 g/mol. The van der Waals surface area contributed by atoms with Crippen LogP contribution in [-0.2, 0) is 13.5 Å². The minimum atomic E-state index is 0.214. The van der Waals surface area contributed by atoms with Gasteiger partial charge in [0.15, 0.2) is 0 Å². The molecule has 162 valence electrons. The van der Waals surface area contributed by atoms with E-state index in [2.05, 4.69) is 23.9 Å². The van der Waals surface area contributed by atoms with E-state index in [1.165, 1.54) is 0 Å². The van der Waals surface area contributed by atoms with Gasteiger partial charge in [-0.3, -0.25) is 9.36 Å². The van der Waals surface area contributed by atoms with Gasteiger partial charge in [-0.1, -0.05) is 6.92 Å². The molecule has 0 unspecified atom stereocenters. The summed E-state index contributed by atoms with van der Waals surface area (Å²) >= 11 is 0. The van der Waals surface area contributed by atoms with Crippen molar-refractivity contribution in [2.24, 2.45) is 7.05 Å². The summed E-state index contributed by atoms with van der Waals surface area (Å²) in [5.41, 5.74) is 13.5. The van der Waals surface area contributed by atoms with Gasteiger partial charge in [-0.05, 0) is 45.4 Å². The van der Waals surface area contributed by atoms with Crippen LogP contribution in [0.4, 0.5) is 5.69 Å². The third kappa shape index (κ3) is 3.73. The Balaban J connectivity index is 2.02. The Labute approximate surface area is 182 Å². The number of hydrogen-bond donors (Lipinski definition) is 1. The fourth-order valence-electron chi connectivity index (χ4n) is 3.83. The van der Waals surface area contributed by atoms with Gasteiger partial charge >= 0.3 is 0 Å². The second-order valence-corrected chi connectivity index (χ2v) is 7.78. The fraction of sp³-hybridized carbons (Fsp3) is 0.391. The maximum atomic E-state index is 6.85. The highest BCUT2D eigenvalue weighted by atomic mass is 16.5. The molecule has 0 bridgehead atoms. The Kier molecular flexibility index (Phi) is 5.63. The maximum Gasteiger partial charge on any atom is 0.222 e. The lowest BCUT2D eigenvalue weighted by atomic mass is 9.99. The van der Waals surface area contributed by atoms with Crippen molar-refractivity contribution in [1.29, 1.82) is 0 Å². The molecule has 0 aliphatic heterocycles. The topological polar surface area (TPSA) is 96.7 Å². The number of aromatic nitrogens is 6. The van der Waals surface area contributed by atoms with Crippen molar-refractivity contribution >= 4 is 16.7 Å². The zero-order valence-electron chi connectivity index (χ0n) is 18.8. The molecule has 2 N–H and O–H groups in total. The van der Waals surface area contributed by atoms with E-state index < -0.39 is 0 Å². The van der Waals surface area contributed by atoms with Gasteiger partial charge in [0.25, 0.3) is 0 Å². The van der Waals surface area contributed by atoms with E-state index in [1.807, 2.05) is 50.0 Å². The Morgan fingerprint density at radius 3 is 2.68 bits per heavy atom. The summed E-state index contributed by atoms with van der Waals surface area (Å²) in [5.74, 6) is 0.547. The van der Waals surface area contributed by atoms with Gasteiger partial charge in [-0.15, -0.1) is 0 Å². The first-order valence-electron chi connectivity index (χ1n) is 10.7. The van der Waals surface area contributed by atoms with Crippen LogP contribution in [0.5, 0.6) is 5.88 Å². The average Bonchev–Trinajstić information content (AvgIpc) is 3.33. The highest BCUT2D eigenvalue weighted by Crippen LogP contribution is 2.38. The van der Waals surface area contributed by atoms with Crippen LogP contribution in [-0.4, -0.2) is 36.1 Å². The van der Waals surface area contributed by atoms with Crippen LogP contribution >= 0.6 is 0 Å². The molecule has 1 atom stereocenters. The lowest BCUT2D eigenvalue weighted by molar-refractivity contribution is 0.328. The third-order valence-corrected chi connectivity index (χ3v) is 5.59. The van der Waals surface area contributed by atoms with Gasteiger partial charge in [0, 0.05) is 37.5 Å². The number of aryl methyl sites for hydroxylation is 2. The number of anilines is 1. The molecule has 8 heteroatoms. The van der Waals surface area contributed by atoms with E-state index in [0.717, 1.165) is 45.7 Å². The lowest BCUT2D eigenvalue weighted by Crippen LogP contribution is -2.10. The molecule has 8 nitrogen and oxygen atoms in total.